The second-order valence-corrected chi connectivity index (χ2v) is 5.62. The van der Waals surface area contributed by atoms with Gasteiger partial charge in [-0.25, -0.2) is 0 Å². The van der Waals surface area contributed by atoms with E-state index in [1.807, 2.05) is 79.5 Å². The number of likely N-dealkylation sites (N-methyl/N-ethyl adjacent to an activating group) is 1. The maximum atomic E-state index is 12.1. The van der Waals surface area contributed by atoms with Crippen LogP contribution in [0.15, 0.2) is 60.7 Å². The van der Waals surface area contributed by atoms with Gasteiger partial charge < -0.3 is 10.0 Å². The number of aliphatic hydroxyl groups is 1. The first-order valence-corrected chi connectivity index (χ1v) is 7.61. The minimum absolute atomic E-state index is 0.0500. The zero-order chi connectivity index (χ0) is 15.9. The van der Waals surface area contributed by atoms with Gasteiger partial charge in [0.1, 0.15) is 0 Å². The highest BCUT2D eigenvalue weighted by Gasteiger charge is 2.20. The molecule has 0 aliphatic heterocycles. The SMILES string of the molecule is C[C@H]([C@H](O)c1ccccc1)N(C)CCC(=O)c1ccccc1. The van der Waals surface area contributed by atoms with Crippen LogP contribution in [0.1, 0.15) is 35.4 Å². The third kappa shape index (κ3) is 4.26. The van der Waals surface area contributed by atoms with Gasteiger partial charge in [0.25, 0.3) is 0 Å². The van der Waals surface area contributed by atoms with Crippen LogP contribution in [0.5, 0.6) is 0 Å². The molecule has 22 heavy (non-hydrogen) atoms. The smallest absolute Gasteiger partial charge is 0.164 e. The minimum atomic E-state index is -0.557. The Balaban J connectivity index is 1.89. The zero-order valence-electron chi connectivity index (χ0n) is 13.1. The Morgan fingerprint density at radius 1 is 1.05 bits per heavy atom. The quantitative estimate of drug-likeness (QED) is 0.797. The van der Waals surface area contributed by atoms with E-state index in [1.165, 1.54) is 0 Å². The largest absolute Gasteiger partial charge is 0.387 e. The van der Waals surface area contributed by atoms with Crippen LogP contribution < -0.4 is 0 Å². The maximum Gasteiger partial charge on any atom is 0.164 e. The van der Waals surface area contributed by atoms with E-state index in [9.17, 15) is 9.90 Å². The number of carbonyl (C=O) groups excluding carboxylic acids is 1. The highest BCUT2D eigenvalue weighted by molar-refractivity contribution is 5.96. The van der Waals surface area contributed by atoms with E-state index >= 15 is 0 Å². The van der Waals surface area contributed by atoms with Crippen LogP contribution >= 0.6 is 0 Å². The molecule has 0 saturated heterocycles. The molecular weight excluding hydrogens is 274 g/mol. The Bertz CT molecular complexity index is 583. The summed E-state index contributed by atoms with van der Waals surface area (Å²) in [5, 5.41) is 10.4. The molecule has 0 fully saturated rings. The van der Waals surface area contributed by atoms with Gasteiger partial charge in [0.15, 0.2) is 5.78 Å². The Labute approximate surface area is 132 Å². The average Bonchev–Trinajstić information content (AvgIpc) is 2.59. The second kappa shape index (κ2) is 7.87. The number of carbonyl (C=O) groups is 1. The molecule has 0 aromatic heterocycles. The number of nitrogens with zero attached hydrogens (tertiary/aromatic N) is 1. The van der Waals surface area contributed by atoms with Gasteiger partial charge in [-0.3, -0.25) is 4.79 Å². The topological polar surface area (TPSA) is 40.5 Å². The van der Waals surface area contributed by atoms with Crippen molar-refractivity contribution in [3.8, 4) is 0 Å². The second-order valence-electron chi connectivity index (χ2n) is 5.62. The summed E-state index contributed by atoms with van der Waals surface area (Å²) in [6.07, 6.45) is -0.107. The van der Waals surface area contributed by atoms with Crippen LogP contribution in [0.25, 0.3) is 0 Å². The molecule has 2 aromatic carbocycles. The van der Waals surface area contributed by atoms with Crippen molar-refractivity contribution < 1.29 is 9.90 Å². The first kappa shape index (κ1) is 16.4. The lowest BCUT2D eigenvalue weighted by Crippen LogP contribution is -2.35. The lowest BCUT2D eigenvalue weighted by atomic mass is 10.0. The highest BCUT2D eigenvalue weighted by Crippen LogP contribution is 2.20. The third-order valence-electron chi connectivity index (χ3n) is 4.08. The van der Waals surface area contributed by atoms with Crippen molar-refractivity contribution in [3.05, 3.63) is 71.8 Å². The molecule has 2 atom stereocenters. The maximum absolute atomic E-state index is 12.1. The van der Waals surface area contributed by atoms with Gasteiger partial charge in [-0.2, -0.15) is 0 Å². The first-order valence-electron chi connectivity index (χ1n) is 7.61. The lowest BCUT2D eigenvalue weighted by Gasteiger charge is -2.29. The molecule has 0 aliphatic rings. The van der Waals surface area contributed by atoms with Gasteiger partial charge >= 0.3 is 0 Å². The number of hydrogen-bond donors (Lipinski definition) is 1. The molecular formula is C19H23NO2. The van der Waals surface area contributed by atoms with E-state index in [1.54, 1.807) is 0 Å². The van der Waals surface area contributed by atoms with Gasteiger partial charge in [-0.05, 0) is 19.5 Å². The van der Waals surface area contributed by atoms with E-state index in [0.717, 1.165) is 11.1 Å². The normalized spacial score (nSPS) is 13.8. The Morgan fingerprint density at radius 3 is 2.18 bits per heavy atom. The molecule has 2 aromatic rings. The number of hydrogen-bond acceptors (Lipinski definition) is 3. The molecule has 0 radical (unpaired) electrons. The van der Waals surface area contributed by atoms with Crippen LogP contribution in [0, 0.1) is 0 Å². The van der Waals surface area contributed by atoms with Crippen molar-refractivity contribution in [1.29, 1.82) is 0 Å². The molecule has 0 heterocycles. The van der Waals surface area contributed by atoms with Crippen molar-refractivity contribution in [2.45, 2.75) is 25.5 Å². The molecule has 3 heteroatoms. The molecule has 0 saturated carbocycles. The number of rotatable bonds is 7. The van der Waals surface area contributed by atoms with E-state index in [2.05, 4.69) is 0 Å². The first-order chi connectivity index (χ1) is 10.6. The van der Waals surface area contributed by atoms with Crippen LogP contribution in [0.3, 0.4) is 0 Å². The summed E-state index contributed by atoms with van der Waals surface area (Å²) in [5.41, 5.74) is 1.64. The Kier molecular flexibility index (Phi) is 5.87. The fourth-order valence-corrected chi connectivity index (χ4v) is 2.42. The molecule has 0 amide bonds. The van der Waals surface area contributed by atoms with Gasteiger partial charge in [-0.1, -0.05) is 60.7 Å². The van der Waals surface area contributed by atoms with Gasteiger partial charge in [0.05, 0.1) is 6.10 Å². The van der Waals surface area contributed by atoms with Crippen LogP contribution in [0.4, 0.5) is 0 Å². The number of ketones is 1. The van der Waals surface area contributed by atoms with E-state index in [0.29, 0.717) is 13.0 Å². The Morgan fingerprint density at radius 2 is 1.59 bits per heavy atom. The van der Waals surface area contributed by atoms with Crippen LogP contribution in [-0.4, -0.2) is 35.4 Å². The fraction of sp³-hybridized carbons (Fsp3) is 0.316. The van der Waals surface area contributed by atoms with Gasteiger partial charge in [0.2, 0.25) is 0 Å². The van der Waals surface area contributed by atoms with Crippen LogP contribution in [0.2, 0.25) is 0 Å². The summed E-state index contributed by atoms with van der Waals surface area (Å²) in [6.45, 7) is 2.60. The standard InChI is InChI=1S/C19H23NO2/c1-15(19(22)17-11-7-4-8-12-17)20(2)14-13-18(21)16-9-5-3-6-10-16/h3-12,15,19,22H,13-14H2,1-2H3/t15-,19+/m1/s1. The van der Waals surface area contributed by atoms with E-state index < -0.39 is 6.10 Å². The number of benzene rings is 2. The molecule has 0 spiro atoms. The predicted molar refractivity (Wildman–Crippen MR) is 88.9 cm³/mol. The van der Waals surface area contributed by atoms with Gasteiger partial charge in [-0.15, -0.1) is 0 Å². The summed E-state index contributed by atoms with van der Waals surface area (Å²) in [6, 6.07) is 18.9. The predicted octanol–water partition coefficient (Wildman–Crippen LogP) is 3.31. The van der Waals surface area contributed by atoms with Crippen LogP contribution in [-0.2, 0) is 0 Å². The van der Waals surface area contributed by atoms with E-state index in [4.69, 9.17) is 0 Å². The number of Topliss-reactive ketones (excluding diaryl/α,β-unsaturated/α-hetero) is 1. The Hall–Kier alpha value is -1.97. The van der Waals surface area contributed by atoms with Crippen molar-refractivity contribution >= 4 is 5.78 Å². The molecule has 0 aliphatic carbocycles. The van der Waals surface area contributed by atoms with Crippen molar-refractivity contribution in [1.82, 2.24) is 4.90 Å². The van der Waals surface area contributed by atoms with Crippen molar-refractivity contribution in [3.63, 3.8) is 0 Å². The summed E-state index contributed by atoms with van der Waals surface area (Å²) >= 11 is 0. The van der Waals surface area contributed by atoms with Crippen molar-refractivity contribution in [2.24, 2.45) is 0 Å². The number of aliphatic hydroxyl groups excluding tert-OH is 1. The lowest BCUT2D eigenvalue weighted by molar-refractivity contribution is 0.0688. The average molecular weight is 297 g/mol. The highest BCUT2D eigenvalue weighted by atomic mass is 16.3. The summed E-state index contributed by atoms with van der Waals surface area (Å²) < 4.78 is 0. The third-order valence-corrected chi connectivity index (χ3v) is 4.08. The summed E-state index contributed by atoms with van der Waals surface area (Å²) in [4.78, 5) is 14.1. The fourth-order valence-electron chi connectivity index (χ4n) is 2.42. The summed E-state index contributed by atoms with van der Waals surface area (Å²) in [7, 11) is 1.94. The molecule has 1 N–H and O–H groups in total. The molecule has 116 valence electrons. The monoisotopic (exact) mass is 297 g/mol. The summed E-state index contributed by atoms with van der Waals surface area (Å²) in [5.74, 6) is 0.133. The van der Waals surface area contributed by atoms with Gasteiger partial charge in [0, 0.05) is 24.6 Å². The molecule has 3 nitrogen and oxygen atoms in total. The van der Waals surface area contributed by atoms with Crippen molar-refractivity contribution in [2.75, 3.05) is 13.6 Å². The van der Waals surface area contributed by atoms with E-state index in [-0.39, 0.29) is 11.8 Å². The molecule has 0 bridgehead atoms. The zero-order valence-corrected chi connectivity index (χ0v) is 13.1. The molecule has 0 unspecified atom stereocenters. The minimum Gasteiger partial charge on any atom is -0.387 e. The molecule has 2 rings (SSSR count).